The summed E-state index contributed by atoms with van der Waals surface area (Å²) in [4.78, 5) is 28.4. The topological polar surface area (TPSA) is 96.0 Å². The first kappa shape index (κ1) is 29.7. The second kappa shape index (κ2) is 13.3. The molecule has 9 heteroatoms. The molecule has 0 saturated heterocycles. The smallest absolute Gasteiger partial charge is 0.264 e. The largest absolute Gasteiger partial charge is 0.497 e. The van der Waals surface area contributed by atoms with E-state index in [9.17, 15) is 18.0 Å². The van der Waals surface area contributed by atoms with Gasteiger partial charge in [0.05, 0.1) is 17.7 Å². The monoisotopic (exact) mass is 551 g/mol. The van der Waals surface area contributed by atoms with Crippen LogP contribution >= 0.6 is 0 Å². The average molecular weight is 552 g/mol. The molecule has 0 aliphatic carbocycles. The Kier molecular flexibility index (Phi) is 10.1. The predicted octanol–water partition coefficient (Wildman–Crippen LogP) is 4.45. The third-order valence-corrected chi connectivity index (χ3v) is 8.35. The number of sulfonamides is 1. The Hall–Kier alpha value is -3.85. The van der Waals surface area contributed by atoms with E-state index in [4.69, 9.17) is 4.74 Å². The molecule has 1 unspecified atom stereocenters. The molecule has 3 aromatic carbocycles. The number of aryl methyl sites for hydroxylation is 2. The van der Waals surface area contributed by atoms with Gasteiger partial charge in [0, 0.05) is 13.1 Å². The summed E-state index contributed by atoms with van der Waals surface area (Å²) in [5, 5.41) is 2.85. The summed E-state index contributed by atoms with van der Waals surface area (Å²) in [6, 6.07) is 19.8. The van der Waals surface area contributed by atoms with E-state index in [1.54, 1.807) is 43.3 Å². The minimum absolute atomic E-state index is 0.0657. The lowest BCUT2D eigenvalue weighted by Gasteiger charge is -2.32. The van der Waals surface area contributed by atoms with Crippen LogP contribution in [0.15, 0.2) is 77.7 Å². The van der Waals surface area contributed by atoms with E-state index >= 15 is 0 Å². The predicted molar refractivity (Wildman–Crippen MR) is 153 cm³/mol. The van der Waals surface area contributed by atoms with Crippen LogP contribution in [0.1, 0.15) is 37.0 Å². The Morgan fingerprint density at radius 3 is 2.18 bits per heavy atom. The number of nitrogens with zero attached hydrogens (tertiary/aromatic N) is 2. The van der Waals surface area contributed by atoms with E-state index in [0.29, 0.717) is 18.0 Å². The normalized spacial score (nSPS) is 11.9. The van der Waals surface area contributed by atoms with Crippen molar-refractivity contribution in [2.75, 3.05) is 24.5 Å². The number of amides is 2. The molecule has 0 fully saturated rings. The number of benzene rings is 3. The van der Waals surface area contributed by atoms with Gasteiger partial charge >= 0.3 is 0 Å². The molecule has 2 amide bonds. The first-order valence-electron chi connectivity index (χ1n) is 12.9. The summed E-state index contributed by atoms with van der Waals surface area (Å²) >= 11 is 0. The third kappa shape index (κ3) is 7.38. The summed E-state index contributed by atoms with van der Waals surface area (Å²) in [6.07, 6.45) is 0.754. The number of nitrogens with one attached hydrogen (secondary N) is 1. The van der Waals surface area contributed by atoms with Crippen LogP contribution in [-0.4, -0.2) is 51.4 Å². The SMILES string of the molecule is CCCNC(=O)C(C)N(Cc1ccccc1C)C(=O)CN(c1ccc(OC)cc1)S(=O)(=O)c1ccc(C)cc1. The van der Waals surface area contributed by atoms with Crippen LogP contribution in [0.3, 0.4) is 0 Å². The summed E-state index contributed by atoms with van der Waals surface area (Å²) in [6.45, 7) is 7.57. The van der Waals surface area contributed by atoms with Gasteiger partial charge in [-0.2, -0.15) is 0 Å². The molecule has 0 radical (unpaired) electrons. The maximum Gasteiger partial charge on any atom is 0.264 e. The summed E-state index contributed by atoms with van der Waals surface area (Å²) in [5.41, 5.74) is 3.06. The minimum atomic E-state index is -4.12. The maximum absolute atomic E-state index is 13.9. The Bertz CT molecular complexity index is 1370. The van der Waals surface area contributed by atoms with Crippen molar-refractivity contribution in [3.8, 4) is 5.75 Å². The minimum Gasteiger partial charge on any atom is -0.497 e. The van der Waals surface area contributed by atoms with Crippen LogP contribution < -0.4 is 14.4 Å². The van der Waals surface area contributed by atoms with Crippen LogP contribution in [0.5, 0.6) is 5.75 Å². The molecule has 8 nitrogen and oxygen atoms in total. The van der Waals surface area contributed by atoms with Gasteiger partial charge in [0.25, 0.3) is 10.0 Å². The number of methoxy groups -OCH3 is 1. The highest BCUT2D eigenvalue weighted by molar-refractivity contribution is 7.92. The zero-order valence-corrected chi connectivity index (χ0v) is 24.0. The highest BCUT2D eigenvalue weighted by atomic mass is 32.2. The molecule has 0 bridgehead atoms. The van der Waals surface area contributed by atoms with E-state index in [2.05, 4.69) is 5.32 Å². The fourth-order valence-corrected chi connectivity index (χ4v) is 5.48. The standard InChI is InChI=1S/C30H37N3O5S/c1-6-19-31-30(35)24(4)32(20-25-10-8-7-9-23(25)3)29(34)21-33(26-13-15-27(38-5)16-14-26)39(36,37)28-17-11-22(2)12-18-28/h7-18,24H,6,19-21H2,1-5H3,(H,31,35). The Morgan fingerprint density at radius 2 is 1.59 bits per heavy atom. The lowest BCUT2D eigenvalue weighted by Crippen LogP contribution is -2.51. The molecule has 0 heterocycles. The second-order valence-electron chi connectivity index (χ2n) is 9.44. The number of rotatable bonds is 12. The molecule has 0 saturated carbocycles. The van der Waals surface area contributed by atoms with Crippen molar-refractivity contribution in [3.63, 3.8) is 0 Å². The van der Waals surface area contributed by atoms with Crippen molar-refractivity contribution < 1.29 is 22.7 Å². The molecular weight excluding hydrogens is 514 g/mol. The molecule has 208 valence electrons. The molecule has 0 spiro atoms. The van der Waals surface area contributed by atoms with E-state index in [0.717, 1.165) is 27.4 Å². The van der Waals surface area contributed by atoms with Crippen molar-refractivity contribution in [3.05, 3.63) is 89.5 Å². The first-order chi connectivity index (χ1) is 18.6. The van der Waals surface area contributed by atoms with E-state index in [1.807, 2.05) is 45.0 Å². The van der Waals surface area contributed by atoms with Crippen molar-refractivity contribution in [2.45, 2.75) is 51.6 Å². The fourth-order valence-electron chi connectivity index (χ4n) is 4.06. The van der Waals surface area contributed by atoms with Gasteiger partial charge in [0.1, 0.15) is 18.3 Å². The van der Waals surface area contributed by atoms with Gasteiger partial charge in [-0.3, -0.25) is 13.9 Å². The van der Waals surface area contributed by atoms with E-state index < -0.39 is 28.5 Å². The Balaban J connectivity index is 2.03. The molecular formula is C30H37N3O5S. The number of carbonyl (C=O) groups is 2. The molecule has 3 aromatic rings. The van der Waals surface area contributed by atoms with Crippen LogP contribution in [0, 0.1) is 13.8 Å². The van der Waals surface area contributed by atoms with Crippen molar-refractivity contribution in [1.82, 2.24) is 10.2 Å². The number of anilines is 1. The zero-order chi connectivity index (χ0) is 28.6. The lowest BCUT2D eigenvalue weighted by molar-refractivity contribution is -0.139. The Labute approximate surface area is 231 Å². The van der Waals surface area contributed by atoms with E-state index in [-0.39, 0.29) is 17.3 Å². The molecule has 3 rings (SSSR count). The number of ether oxygens (including phenoxy) is 1. The zero-order valence-electron chi connectivity index (χ0n) is 23.2. The van der Waals surface area contributed by atoms with Crippen LogP contribution in [0.2, 0.25) is 0 Å². The molecule has 1 atom stereocenters. The third-order valence-electron chi connectivity index (χ3n) is 6.57. The van der Waals surface area contributed by atoms with Crippen LogP contribution in [-0.2, 0) is 26.2 Å². The Morgan fingerprint density at radius 1 is 0.949 bits per heavy atom. The van der Waals surface area contributed by atoms with Gasteiger partial charge in [0.15, 0.2) is 0 Å². The number of hydrogen-bond acceptors (Lipinski definition) is 5. The summed E-state index contributed by atoms with van der Waals surface area (Å²) in [5.74, 6) is -0.236. The van der Waals surface area contributed by atoms with Gasteiger partial charge in [-0.05, 0) is 74.7 Å². The first-order valence-corrected chi connectivity index (χ1v) is 14.4. The average Bonchev–Trinajstić information content (AvgIpc) is 2.94. The highest BCUT2D eigenvalue weighted by Gasteiger charge is 2.32. The molecule has 0 aliphatic rings. The second-order valence-corrected chi connectivity index (χ2v) is 11.3. The molecule has 0 aliphatic heterocycles. The molecule has 1 N–H and O–H groups in total. The van der Waals surface area contributed by atoms with E-state index in [1.165, 1.54) is 24.1 Å². The van der Waals surface area contributed by atoms with Crippen molar-refractivity contribution >= 4 is 27.5 Å². The van der Waals surface area contributed by atoms with Gasteiger partial charge in [0.2, 0.25) is 11.8 Å². The van der Waals surface area contributed by atoms with Crippen molar-refractivity contribution in [2.24, 2.45) is 0 Å². The fraction of sp³-hybridized carbons (Fsp3) is 0.333. The number of carbonyl (C=O) groups excluding carboxylic acids is 2. The number of hydrogen-bond donors (Lipinski definition) is 1. The lowest BCUT2D eigenvalue weighted by atomic mass is 10.1. The molecule has 39 heavy (non-hydrogen) atoms. The summed E-state index contributed by atoms with van der Waals surface area (Å²) in [7, 11) is -2.59. The summed E-state index contributed by atoms with van der Waals surface area (Å²) < 4.78 is 34.0. The van der Waals surface area contributed by atoms with Gasteiger partial charge in [-0.1, -0.05) is 48.9 Å². The quantitative estimate of drug-likeness (QED) is 0.359. The van der Waals surface area contributed by atoms with Gasteiger partial charge < -0.3 is 15.0 Å². The van der Waals surface area contributed by atoms with Crippen LogP contribution in [0.4, 0.5) is 5.69 Å². The maximum atomic E-state index is 13.9. The van der Waals surface area contributed by atoms with Crippen LogP contribution in [0.25, 0.3) is 0 Å². The molecule has 0 aromatic heterocycles. The van der Waals surface area contributed by atoms with Gasteiger partial charge in [-0.25, -0.2) is 8.42 Å². The highest BCUT2D eigenvalue weighted by Crippen LogP contribution is 2.27. The van der Waals surface area contributed by atoms with Gasteiger partial charge in [-0.15, -0.1) is 0 Å². The van der Waals surface area contributed by atoms with Crippen molar-refractivity contribution in [1.29, 1.82) is 0 Å².